The number of morpholine rings is 1. The van der Waals surface area contributed by atoms with Crippen molar-refractivity contribution < 1.29 is 18.3 Å². The van der Waals surface area contributed by atoms with Crippen molar-refractivity contribution in [1.82, 2.24) is 14.5 Å². The van der Waals surface area contributed by atoms with Crippen LogP contribution in [0.25, 0.3) is 21.3 Å². The maximum Gasteiger partial charge on any atom is 0.420 e. The fourth-order valence-electron chi connectivity index (χ4n) is 3.80. The molecule has 0 N–H and O–H groups in total. The number of carbonyl (C=O) groups excluding carboxylic acids is 1. The number of thiazole rings is 1. The van der Waals surface area contributed by atoms with Crippen LogP contribution >= 0.6 is 23.7 Å². The number of hydrogen-bond donors (Lipinski definition) is 0. The number of para-hydroxylation sites is 3. The fourth-order valence-corrected chi connectivity index (χ4v) is 4.82. The number of rotatable bonds is 6. The van der Waals surface area contributed by atoms with Crippen molar-refractivity contribution in [2.75, 3.05) is 44.3 Å². The van der Waals surface area contributed by atoms with Crippen molar-refractivity contribution in [3.63, 3.8) is 0 Å². The second-order valence-electron chi connectivity index (χ2n) is 7.50. The summed E-state index contributed by atoms with van der Waals surface area (Å²) >= 11 is 1.25. The summed E-state index contributed by atoms with van der Waals surface area (Å²) in [6, 6.07) is 11.7. The minimum atomic E-state index is -0.594. The predicted octanol–water partition coefficient (Wildman–Crippen LogP) is 3.13. The molecule has 33 heavy (non-hydrogen) atoms. The quantitative estimate of drug-likeness (QED) is 0.411. The number of oxazole rings is 1. The van der Waals surface area contributed by atoms with E-state index < -0.39 is 11.6 Å². The average Bonchev–Trinajstić information content (AvgIpc) is 3.37. The maximum absolute atomic E-state index is 14.2. The Kier molecular flexibility index (Phi) is 7.08. The lowest BCUT2D eigenvalue weighted by molar-refractivity contribution is -0.119. The lowest BCUT2D eigenvalue weighted by Crippen LogP contribution is -2.44. The van der Waals surface area contributed by atoms with Crippen molar-refractivity contribution in [3.8, 4) is 0 Å². The number of hydrogen-bond acceptors (Lipinski definition) is 7. The summed E-state index contributed by atoms with van der Waals surface area (Å²) in [4.78, 5) is 33.9. The first-order valence-electron chi connectivity index (χ1n) is 10.3. The van der Waals surface area contributed by atoms with Gasteiger partial charge in [0.25, 0.3) is 0 Å². The molecular weight excluding hydrogens is 471 g/mol. The highest BCUT2D eigenvalue weighted by Gasteiger charge is 2.24. The highest BCUT2D eigenvalue weighted by molar-refractivity contribution is 7.22. The third-order valence-electron chi connectivity index (χ3n) is 5.50. The van der Waals surface area contributed by atoms with Crippen molar-refractivity contribution in [3.05, 3.63) is 58.8 Å². The van der Waals surface area contributed by atoms with E-state index in [4.69, 9.17) is 9.15 Å². The molecule has 4 aromatic rings. The van der Waals surface area contributed by atoms with E-state index in [-0.39, 0.29) is 30.4 Å². The van der Waals surface area contributed by atoms with Gasteiger partial charge in [0.1, 0.15) is 17.9 Å². The zero-order valence-electron chi connectivity index (χ0n) is 17.6. The van der Waals surface area contributed by atoms with Crippen LogP contribution in [0.15, 0.2) is 51.7 Å². The Morgan fingerprint density at radius 1 is 1.15 bits per heavy atom. The van der Waals surface area contributed by atoms with Gasteiger partial charge in [-0.25, -0.2) is 14.2 Å². The van der Waals surface area contributed by atoms with E-state index in [0.29, 0.717) is 47.2 Å². The highest BCUT2D eigenvalue weighted by atomic mass is 35.5. The van der Waals surface area contributed by atoms with E-state index >= 15 is 0 Å². The number of aromatic nitrogens is 2. The van der Waals surface area contributed by atoms with Crippen LogP contribution in [0.5, 0.6) is 0 Å². The van der Waals surface area contributed by atoms with E-state index in [1.807, 2.05) is 0 Å². The van der Waals surface area contributed by atoms with E-state index in [1.165, 1.54) is 26.9 Å². The number of anilines is 1. The van der Waals surface area contributed by atoms with Crippen LogP contribution in [-0.4, -0.2) is 59.8 Å². The maximum atomic E-state index is 14.2. The molecule has 2 aromatic carbocycles. The topological polar surface area (TPSA) is 80.8 Å². The zero-order chi connectivity index (χ0) is 22.1. The third kappa shape index (κ3) is 4.79. The first kappa shape index (κ1) is 23.4. The van der Waals surface area contributed by atoms with Gasteiger partial charge in [-0.3, -0.25) is 19.2 Å². The fraction of sp³-hybridized carbons (Fsp3) is 0.318. The van der Waals surface area contributed by atoms with Gasteiger partial charge in [0.05, 0.1) is 23.4 Å². The molecular formula is C22H22ClFN4O4S. The SMILES string of the molecule is Cl.O=C(Cn1c(=O)oc2ccccc21)N(CCN1CCOCC1)c1nc2c(F)cccc2s1. The minimum Gasteiger partial charge on any atom is -0.408 e. The summed E-state index contributed by atoms with van der Waals surface area (Å²) < 4.78 is 26.9. The van der Waals surface area contributed by atoms with Crippen LogP contribution in [0.1, 0.15) is 0 Å². The van der Waals surface area contributed by atoms with Crippen LogP contribution < -0.4 is 10.7 Å². The van der Waals surface area contributed by atoms with Crippen molar-refractivity contribution >= 4 is 56.1 Å². The van der Waals surface area contributed by atoms with Crippen molar-refractivity contribution in [1.29, 1.82) is 0 Å². The molecule has 1 aliphatic heterocycles. The number of benzene rings is 2. The van der Waals surface area contributed by atoms with Gasteiger partial charge in [0, 0.05) is 26.2 Å². The van der Waals surface area contributed by atoms with Crippen LogP contribution in [-0.2, 0) is 16.1 Å². The second-order valence-corrected chi connectivity index (χ2v) is 8.51. The minimum absolute atomic E-state index is 0. The molecule has 1 saturated heterocycles. The lowest BCUT2D eigenvalue weighted by atomic mass is 10.3. The van der Waals surface area contributed by atoms with Gasteiger partial charge in [-0.05, 0) is 24.3 Å². The van der Waals surface area contributed by atoms with Gasteiger partial charge < -0.3 is 9.15 Å². The molecule has 3 heterocycles. The van der Waals surface area contributed by atoms with Crippen molar-refractivity contribution in [2.24, 2.45) is 0 Å². The molecule has 8 nitrogen and oxygen atoms in total. The Morgan fingerprint density at radius 3 is 2.73 bits per heavy atom. The number of amides is 1. The molecule has 1 fully saturated rings. The van der Waals surface area contributed by atoms with E-state index in [2.05, 4.69) is 9.88 Å². The lowest BCUT2D eigenvalue weighted by Gasteiger charge is -2.29. The first-order chi connectivity index (χ1) is 15.6. The molecule has 0 bridgehead atoms. The van der Waals surface area contributed by atoms with Gasteiger partial charge in [0.2, 0.25) is 5.91 Å². The number of carbonyl (C=O) groups is 1. The Bertz CT molecular complexity index is 1330. The Morgan fingerprint density at radius 2 is 1.94 bits per heavy atom. The number of ether oxygens (including phenoxy) is 1. The van der Waals surface area contributed by atoms with Gasteiger partial charge in [-0.1, -0.05) is 29.5 Å². The molecule has 0 unspecified atom stereocenters. The molecule has 0 saturated carbocycles. The summed E-state index contributed by atoms with van der Waals surface area (Å²) in [5, 5.41) is 0.407. The summed E-state index contributed by atoms with van der Waals surface area (Å²) in [5.41, 5.74) is 1.21. The monoisotopic (exact) mass is 492 g/mol. The first-order valence-corrected chi connectivity index (χ1v) is 11.2. The van der Waals surface area contributed by atoms with E-state index in [1.54, 1.807) is 36.4 Å². The molecule has 1 amide bonds. The van der Waals surface area contributed by atoms with Crippen LogP contribution in [0.3, 0.4) is 0 Å². The Balaban J connectivity index is 0.00000259. The third-order valence-corrected chi connectivity index (χ3v) is 6.54. The highest BCUT2D eigenvalue weighted by Crippen LogP contribution is 2.30. The van der Waals surface area contributed by atoms with E-state index in [0.717, 1.165) is 13.1 Å². The normalized spacial score (nSPS) is 14.5. The predicted molar refractivity (Wildman–Crippen MR) is 127 cm³/mol. The molecule has 174 valence electrons. The number of halogens is 2. The Hall–Kier alpha value is -2.79. The molecule has 2 aromatic heterocycles. The molecule has 0 radical (unpaired) electrons. The molecule has 0 spiro atoms. The Labute approximate surface area is 198 Å². The molecule has 0 atom stereocenters. The summed E-state index contributed by atoms with van der Waals surface area (Å²) in [6.45, 7) is 3.65. The standard InChI is InChI=1S/C22H21FN4O4S.ClH/c23-15-4-3-7-18-20(15)24-21(32-18)26(9-8-25-10-12-30-13-11-25)19(28)14-27-16-5-1-2-6-17(16)31-22(27)29;/h1-7H,8-14H2;1H. The van der Waals surface area contributed by atoms with Gasteiger partial charge in [-0.2, -0.15) is 0 Å². The molecule has 0 aliphatic carbocycles. The van der Waals surface area contributed by atoms with E-state index in [9.17, 15) is 14.0 Å². The van der Waals surface area contributed by atoms with Gasteiger partial charge >= 0.3 is 5.76 Å². The summed E-state index contributed by atoms with van der Waals surface area (Å²) in [5.74, 6) is -1.34. The van der Waals surface area contributed by atoms with Crippen LogP contribution in [0.4, 0.5) is 9.52 Å². The molecule has 5 rings (SSSR count). The average molecular weight is 493 g/mol. The number of fused-ring (bicyclic) bond motifs is 2. The summed E-state index contributed by atoms with van der Waals surface area (Å²) in [7, 11) is 0. The second kappa shape index (κ2) is 10.0. The van der Waals surface area contributed by atoms with Gasteiger partial charge in [0.15, 0.2) is 10.7 Å². The summed E-state index contributed by atoms with van der Waals surface area (Å²) in [6.07, 6.45) is 0. The smallest absolute Gasteiger partial charge is 0.408 e. The van der Waals surface area contributed by atoms with Gasteiger partial charge in [-0.15, -0.1) is 12.4 Å². The van der Waals surface area contributed by atoms with Crippen LogP contribution in [0, 0.1) is 5.82 Å². The number of nitrogens with zero attached hydrogens (tertiary/aromatic N) is 4. The van der Waals surface area contributed by atoms with Crippen molar-refractivity contribution in [2.45, 2.75) is 6.54 Å². The van der Waals surface area contributed by atoms with Crippen LogP contribution in [0.2, 0.25) is 0 Å². The molecule has 1 aliphatic rings. The largest absolute Gasteiger partial charge is 0.420 e. The molecule has 11 heteroatoms. The zero-order valence-corrected chi connectivity index (χ0v) is 19.2.